The topological polar surface area (TPSA) is 47.6 Å². The van der Waals surface area contributed by atoms with Crippen LogP contribution in [0, 0.1) is 39.9 Å². The molecule has 2 nitrogen and oxygen atoms in total. The normalized spacial score (nSPS) is 34.0. The lowest BCUT2D eigenvalue weighted by Crippen LogP contribution is -1.88. The molecule has 0 bridgehead atoms. The zero-order valence-electron chi connectivity index (χ0n) is 6.26. The van der Waals surface area contributed by atoms with Gasteiger partial charge >= 0.3 is 0 Å². The van der Waals surface area contributed by atoms with Crippen LogP contribution in [0.3, 0.4) is 0 Å². The molecule has 0 saturated heterocycles. The summed E-state index contributed by atoms with van der Waals surface area (Å²) >= 11 is 0. The standard InChI is InChI=1S/C8H10N2/c1-8(2)6(3-4-9)7(8)5-10/h6-7H,3H2,1-2H3/t6-,7+/m1/s1. The molecule has 0 aliphatic heterocycles. The van der Waals surface area contributed by atoms with Crippen molar-refractivity contribution < 1.29 is 0 Å². The van der Waals surface area contributed by atoms with E-state index in [4.69, 9.17) is 10.5 Å². The van der Waals surface area contributed by atoms with E-state index >= 15 is 0 Å². The third-order valence-electron chi connectivity index (χ3n) is 2.50. The van der Waals surface area contributed by atoms with Crippen molar-refractivity contribution in [1.29, 1.82) is 10.5 Å². The van der Waals surface area contributed by atoms with Crippen LogP contribution >= 0.6 is 0 Å². The molecule has 0 N–H and O–H groups in total. The smallest absolute Gasteiger partial charge is 0.0665 e. The van der Waals surface area contributed by atoms with Crippen LogP contribution in [0.25, 0.3) is 0 Å². The molecule has 1 saturated carbocycles. The summed E-state index contributed by atoms with van der Waals surface area (Å²) in [5.41, 5.74) is 0.102. The molecule has 2 heteroatoms. The summed E-state index contributed by atoms with van der Waals surface area (Å²) in [6.07, 6.45) is 0.533. The average molecular weight is 134 g/mol. The first-order chi connectivity index (χ1) is 4.64. The van der Waals surface area contributed by atoms with E-state index in [1.807, 2.05) is 13.8 Å². The summed E-state index contributed by atoms with van der Waals surface area (Å²) < 4.78 is 0. The van der Waals surface area contributed by atoms with Crippen molar-refractivity contribution >= 4 is 0 Å². The second-order valence-corrected chi connectivity index (χ2v) is 3.40. The maximum Gasteiger partial charge on any atom is 0.0665 e. The Balaban J connectivity index is 2.57. The fourth-order valence-electron chi connectivity index (χ4n) is 1.48. The van der Waals surface area contributed by atoms with E-state index in [0.717, 1.165) is 0 Å². The predicted octanol–water partition coefficient (Wildman–Crippen LogP) is 1.70. The molecule has 0 radical (unpaired) electrons. The average Bonchev–Trinajstić information content (AvgIpc) is 2.36. The molecule has 0 heterocycles. The largest absolute Gasteiger partial charge is 0.198 e. The predicted molar refractivity (Wildman–Crippen MR) is 36.6 cm³/mol. The van der Waals surface area contributed by atoms with Crippen molar-refractivity contribution in [3.8, 4) is 12.1 Å². The number of nitrogens with zero attached hydrogens (tertiary/aromatic N) is 2. The number of rotatable bonds is 1. The first-order valence-corrected chi connectivity index (χ1v) is 3.41. The Morgan fingerprint density at radius 3 is 2.30 bits per heavy atom. The molecular weight excluding hydrogens is 124 g/mol. The van der Waals surface area contributed by atoms with Gasteiger partial charge in [0.05, 0.1) is 18.1 Å². The Bertz CT molecular complexity index is 216. The Morgan fingerprint density at radius 1 is 1.40 bits per heavy atom. The molecule has 2 atom stereocenters. The van der Waals surface area contributed by atoms with Gasteiger partial charge in [-0.05, 0) is 11.3 Å². The van der Waals surface area contributed by atoms with Crippen LogP contribution in [-0.4, -0.2) is 0 Å². The van der Waals surface area contributed by atoms with Gasteiger partial charge in [-0.25, -0.2) is 0 Å². The maximum absolute atomic E-state index is 8.58. The molecule has 10 heavy (non-hydrogen) atoms. The van der Waals surface area contributed by atoms with E-state index in [2.05, 4.69) is 12.1 Å². The number of hydrogen-bond acceptors (Lipinski definition) is 2. The summed E-state index contributed by atoms with van der Waals surface area (Å²) in [6, 6.07) is 4.31. The van der Waals surface area contributed by atoms with Gasteiger partial charge in [0.25, 0.3) is 0 Å². The van der Waals surface area contributed by atoms with Crippen molar-refractivity contribution in [2.45, 2.75) is 20.3 Å². The second-order valence-electron chi connectivity index (χ2n) is 3.40. The van der Waals surface area contributed by atoms with Crippen LogP contribution in [-0.2, 0) is 0 Å². The van der Waals surface area contributed by atoms with E-state index in [0.29, 0.717) is 12.3 Å². The van der Waals surface area contributed by atoms with E-state index < -0.39 is 0 Å². The fraction of sp³-hybridized carbons (Fsp3) is 0.750. The lowest BCUT2D eigenvalue weighted by Gasteiger charge is -1.94. The molecule has 0 aromatic rings. The molecule has 52 valence electrons. The molecule has 0 spiro atoms. The highest BCUT2D eigenvalue weighted by Gasteiger charge is 2.57. The highest BCUT2D eigenvalue weighted by Crippen LogP contribution is 2.59. The highest BCUT2D eigenvalue weighted by atomic mass is 14.6. The van der Waals surface area contributed by atoms with Crippen LogP contribution in [0.1, 0.15) is 20.3 Å². The molecule has 0 aromatic carbocycles. The summed E-state index contributed by atoms with van der Waals surface area (Å²) in [6.45, 7) is 4.09. The molecular formula is C8H10N2. The summed E-state index contributed by atoms with van der Waals surface area (Å²) in [4.78, 5) is 0. The summed E-state index contributed by atoms with van der Waals surface area (Å²) in [5.74, 6) is 0.439. The second kappa shape index (κ2) is 1.99. The number of hydrogen-bond donors (Lipinski definition) is 0. The van der Waals surface area contributed by atoms with Gasteiger partial charge in [-0.3, -0.25) is 0 Å². The summed E-state index contributed by atoms with van der Waals surface area (Å²) in [7, 11) is 0. The van der Waals surface area contributed by atoms with Crippen molar-refractivity contribution in [1.82, 2.24) is 0 Å². The van der Waals surface area contributed by atoms with Crippen molar-refractivity contribution in [3.05, 3.63) is 0 Å². The lowest BCUT2D eigenvalue weighted by atomic mass is 10.1. The van der Waals surface area contributed by atoms with E-state index in [-0.39, 0.29) is 11.3 Å². The monoisotopic (exact) mass is 134 g/mol. The van der Waals surface area contributed by atoms with Crippen LogP contribution in [0.15, 0.2) is 0 Å². The van der Waals surface area contributed by atoms with Gasteiger partial charge in [-0.1, -0.05) is 13.8 Å². The van der Waals surface area contributed by atoms with E-state index in [9.17, 15) is 0 Å². The van der Waals surface area contributed by atoms with E-state index in [1.54, 1.807) is 0 Å². The first kappa shape index (κ1) is 7.09. The van der Waals surface area contributed by atoms with Crippen LogP contribution in [0.4, 0.5) is 0 Å². The van der Waals surface area contributed by atoms with Crippen LogP contribution < -0.4 is 0 Å². The van der Waals surface area contributed by atoms with Gasteiger partial charge in [-0.2, -0.15) is 10.5 Å². The minimum absolute atomic E-state index is 0.102. The van der Waals surface area contributed by atoms with Crippen LogP contribution in [0.2, 0.25) is 0 Å². The molecule has 1 fully saturated rings. The van der Waals surface area contributed by atoms with Crippen molar-refractivity contribution in [3.63, 3.8) is 0 Å². The SMILES string of the molecule is CC1(C)[C@H](CC#N)[C@@H]1C#N. The van der Waals surface area contributed by atoms with Crippen LogP contribution in [0.5, 0.6) is 0 Å². The molecule has 0 unspecified atom stereocenters. The molecule has 1 aliphatic rings. The van der Waals surface area contributed by atoms with Gasteiger partial charge in [0, 0.05) is 6.42 Å². The minimum Gasteiger partial charge on any atom is -0.198 e. The third-order valence-corrected chi connectivity index (χ3v) is 2.50. The molecule has 0 amide bonds. The molecule has 1 rings (SSSR count). The Labute approximate surface area is 61.1 Å². The molecule has 1 aliphatic carbocycles. The van der Waals surface area contributed by atoms with Crippen molar-refractivity contribution in [2.75, 3.05) is 0 Å². The van der Waals surface area contributed by atoms with Gasteiger partial charge in [0.15, 0.2) is 0 Å². The van der Waals surface area contributed by atoms with Gasteiger partial charge in [0.2, 0.25) is 0 Å². The summed E-state index contributed by atoms with van der Waals surface area (Å²) in [5, 5.41) is 16.9. The van der Waals surface area contributed by atoms with Gasteiger partial charge < -0.3 is 0 Å². The quantitative estimate of drug-likeness (QED) is 0.548. The number of nitriles is 2. The Hall–Kier alpha value is -1.02. The zero-order chi connectivity index (χ0) is 7.78. The van der Waals surface area contributed by atoms with Crippen molar-refractivity contribution in [2.24, 2.45) is 17.3 Å². The lowest BCUT2D eigenvalue weighted by molar-refractivity contribution is 0.557. The first-order valence-electron chi connectivity index (χ1n) is 3.41. The minimum atomic E-state index is 0.102. The molecule has 0 aromatic heterocycles. The fourth-order valence-corrected chi connectivity index (χ4v) is 1.48. The van der Waals surface area contributed by atoms with E-state index in [1.165, 1.54) is 0 Å². The van der Waals surface area contributed by atoms with Gasteiger partial charge in [0.1, 0.15) is 0 Å². The Kier molecular flexibility index (Phi) is 1.41. The zero-order valence-corrected chi connectivity index (χ0v) is 6.26. The third kappa shape index (κ3) is 0.772. The highest BCUT2D eigenvalue weighted by molar-refractivity contribution is 5.16. The van der Waals surface area contributed by atoms with Gasteiger partial charge in [-0.15, -0.1) is 0 Å². The Morgan fingerprint density at radius 2 is 2.00 bits per heavy atom. The maximum atomic E-state index is 8.58.